The van der Waals surface area contributed by atoms with E-state index in [1.807, 2.05) is 0 Å². The molecule has 1 heterocycles. The van der Waals surface area contributed by atoms with Crippen molar-refractivity contribution < 1.29 is 0 Å². The molecule has 0 amide bonds. The molecule has 1 saturated heterocycles. The highest BCUT2D eigenvalue weighted by molar-refractivity contribution is 5.51. The van der Waals surface area contributed by atoms with Crippen LogP contribution in [0.3, 0.4) is 0 Å². The quantitative estimate of drug-likeness (QED) is 0.889. The van der Waals surface area contributed by atoms with Gasteiger partial charge < -0.3 is 10.2 Å². The highest BCUT2D eigenvalue weighted by Gasteiger charge is 2.23. The monoisotopic (exact) mass is 286 g/mol. The molecule has 0 unspecified atom stereocenters. The number of benzene rings is 1. The Morgan fingerprint density at radius 3 is 2.71 bits per heavy atom. The summed E-state index contributed by atoms with van der Waals surface area (Å²) in [4.78, 5) is 2.58. The van der Waals surface area contributed by atoms with Crippen LogP contribution < -0.4 is 10.2 Å². The van der Waals surface area contributed by atoms with Crippen LogP contribution in [0.2, 0.25) is 0 Å². The average Bonchev–Trinajstić information content (AvgIpc) is 3.25. The van der Waals surface area contributed by atoms with Gasteiger partial charge in [-0.15, -0.1) is 0 Å². The van der Waals surface area contributed by atoms with Crippen LogP contribution >= 0.6 is 0 Å². The Hall–Kier alpha value is -1.02. The highest BCUT2D eigenvalue weighted by Crippen LogP contribution is 2.32. The van der Waals surface area contributed by atoms with Gasteiger partial charge in [0.05, 0.1) is 0 Å². The normalized spacial score (nSPS) is 22.1. The Morgan fingerprint density at radius 1 is 1.19 bits per heavy atom. The summed E-state index contributed by atoms with van der Waals surface area (Å²) >= 11 is 0. The largest absolute Gasteiger partial charge is 0.372 e. The van der Waals surface area contributed by atoms with Crippen molar-refractivity contribution in [3.63, 3.8) is 0 Å². The van der Waals surface area contributed by atoms with E-state index in [0.29, 0.717) is 5.41 Å². The molecule has 2 fully saturated rings. The molecule has 3 rings (SSSR count). The van der Waals surface area contributed by atoms with Crippen molar-refractivity contribution in [2.75, 3.05) is 18.0 Å². The Morgan fingerprint density at radius 2 is 2.00 bits per heavy atom. The lowest BCUT2D eigenvalue weighted by Crippen LogP contribution is -2.25. The molecular weight excluding hydrogens is 256 g/mol. The van der Waals surface area contributed by atoms with E-state index in [0.717, 1.165) is 12.6 Å². The van der Waals surface area contributed by atoms with Gasteiger partial charge in [0, 0.05) is 31.4 Å². The molecule has 0 atom stereocenters. The summed E-state index contributed by atoms with van der Waals surface area (Å²) < 4.78 is 0. The third-order valence-corrected chi connectivity index (χ3v) is 5.19. The molecular formula is C19H30N2. The van der Waals surface area contributed by atoms with Crippen LogP contribution in [0.4, 0.5) is 5.69 Å². The van der Waals surface area contributed by atoms with Crippen molar-refractivity contribution >= 4 is 5.69 Å². The molecule has 116 valence electrons. The van der Waals surface area contributed by atoms with E-state index < -0.39 is 0 Å². The van der Waals surface area contributed by atoms with E-state index in [1.165, 1.54) is 62.0 Å². The molecule has 1 aliphatic heterocycles. The van der Waals surface area contributed by atoms with Crippen molar-refractivity contribution in [2.45, 2.75) is 65.5 Å². The standard InChI is InChI=1S/C19H30N2/c1-15-13-18(8-5-16(15)14-20-17-6-7-17)21-11-4-9-19(2,3)10-12-21/h5,8,13,17,20H,4,6-7,9-12,14H2,1-3H3. The predicted molar refractivity (Wildman–Crippen MR) is 90.9 cm³/mol. The first-order chi connectivity index (χ1) is 10.0. The van der Waals surface area contributed by atoms with Gasteiger partial charge in [0.25, 0.3) is 0 Å². The van der Waals surface area contributed by atoms with Crippen LogP contribution in [0.15, 0.2) is 18.2 Å². The third-order valence-electron chi connectivity index (χ3n) is 5.19. The number of nitrogens with one attached hydrogen (secondary N) is 1. The van der Waals surface area contributed by atoms with E-state index in [-0.39, 0.29) is 0 Å². The topological polar surface area (TPSA) is 15.3 Å². The number of anilines is 1. The summed E-state index contributed by atoms with van der Waals surface area (Å²) in [5.41, 5.74) is 4.82. The van der Waals surface area contributed by atoms with Crippen LogP contribution in [0.25, 0.3) is 0 Å². The fourth-order valence-corrected chi connectivity index (χ4v) is 3.30. The first-order valence-electron chi connectivity index (χ1n) is 8.61. The second-order valence-corrected chi connectivity index (χ2v) is 7.77. The Balaban J connectivity index is 1.65. The molecule has 1 aromatic rings. The molecule has 21 heavy (non-hydrogen) atoms. The molecule has 0 spiro atoms. The van der Waals surface area contributed by atoms with E-state index in [4.69, 9.17) is 0 Å². The zero-order valence-electron chi connectivity index (χ0n) is 13.9. The van der Waals surface area contributed by atoms with E-state index in [1.54, 1.807) is 0 Å². The van der Waals surface area contributed by atoms with Gasteiger partial charge >= 0.3 is 0 Å². The lowest BCUT2D eigenvalue weighted by Gasteiger charge is -2.25. The van der Waals surface area contributed by atoms with Crippen molar-refractivity contribution in [3.8, 4) is 0 Å². The lowest BCUT2D eigenvalue weighted by atomic mass is 9.85. The average molecular weight is 286 g/mol. The zero-order valence-corrected chi connectivity index (χ0v) is 13.9. The summed E-state index contributed by atoms with van der Waals surface area (Å²) in [6.07, 6.45) is 6.70. The van der Waals surface area contributed by atoms with Crippen LogP contribution in [-0.4, -0.2) is 19.1 Å². The van der Waals surface area contributed by atoms with Gasteiger partial charge in [-0.2, -0.15) is 0 Å². The number of rotatable bonds is 4. The van der Waals surface area contributed by atoms with Gasteiger partial charge in [-0.3, -0.25) is 0 Å². The van der Waals surface area contributed by atoms with Crippen LogP contribution in [0.5, 0.6) is 0 Å². The second kappa shape index (κ2) is 6.00. The van der Waals surface area contributed by atoms with Crippen LogP contribution in [-0.2, 0) is 6.54 Å². The van der Waals surface area contributed by atoms with E-state index >= 15 is 0 Å². The van der Waals surface area contributed by atoms with Crippen LogP contribution in [0, 0.1) is 12.3 Å². The fraction of sp³-hybridized carbons (Fsp3) is 0.684. The number of nitrogens with zero attached hydrogens (tertiary/aromatic N) is 1. The first kappa shape index (κ1) is 14.9. The number of hydrogen-bond donors (Lipinski definition) is 1. The number of aryl methyl sites for hydroxylation is 1. The summed E-state index contributed by atoms with van der Waals surface area (Å²) in [6, 6.07) is 7.84. The summed E-state index contributed by atoms with van der Waals surface area (Å²) in [6.45, 7) is 10.5. The van der Waals surface area contributed by atoms with Gasteiger partial charge in [-0.25, -0.2) is 0 Å². The third kappa shape index (κ3) is 4.00. The SMILES string of the molecule is Cc1cc(N2CCCC(C)(C)CC2)ccc1CNC1CC1. The maximum atomic E-state index is 3.62. The molecule has 0 bridgehead atoms. The molecule has 2 aliphatic rings. The van der Waals surface area contributed by atoms with E-state index in [2.05, 4.69) is 49.2 Å². The molecule has 1 aromatic carbocycles. The first-order valence-corrected chi connectivity index (χ1v) is 8.61. The lowest BCUT2D eigenvalue weighted by molar-refractivity contribution is 0.325. The molecule has 2 heteroatoms. The fourth-order valence-electron chi connectivity index (χ4n) is 3.30. The minimum atomic E-state index is 0.512. The predicted octanol–water partition coefficient (Wildman–Crippen LogP) is 4.26. The maximum absolute atomic E-state index is 3.62. The number of hydrogen-bond acceptors (Lipinski definition) is 2. The second-order valence-electron chi connectivity index (χ2n) is 7.77. The van der Waals surface area contributed by atoms with Gasteiger partial charge in [0.15, 0.2) is 0 Å². The minimum Gasteiger partial charge on any atom is -0.372 e. The molecule has 0 aromatic heterocycles. The van der Waals surface area contributed by atoms with E-state index in [9.17, 15) is 0 Å². The summed E-state index contributed by atoms with van der Waals surface area (Å²) in [5, 5.41) is 3.62. The van der Waals surface area contributed by atoms with Crippen molar-refractivity contribution in [1.82, 2.24) is 5.32 Å². The van der Waals surface area contributed by atoms with Gasteiger partial charge in [0.2, 0.25) is 0 Å². The van der Waals surface area contributed by atoms with Gasteiger partial charge in [-0.1, -0.05) is 19.9 Å². The van der Waals surface area contributed by atoms with Crippen molar-refractivity contribution in [2.24, 2.45) is 5.41 Å². The Labute approximate surface area is 129 Å². The molecule has 2 nitrogen and oxygen atoms in total. The minimum absolute atomic E-state index is 0.512. The van der Waals surface area contributed by atoms with Crippen molar-refractivity contribution in [3.05, 3.63) is 29.3 Å². The summed E-state index contributed by atoms with van der Waals surface area (Å²) in [5.74, 6) is 0. The molecule has 1 aliphatic carbocycles. The van der Waals surface area contributed by atoms with Crippen LogP contribution in [0.1, 0.15) is 57.1 Å². The maximum Gasteiger partial charge on any atom is 0.0369 e. The molecule has 1 N–H and O–H groups in total. The Bertz CT molecular complexity index is 488. The van der Waals surface area contributed by atoms with Gasteiger partial charge in [0.1, 0.15) is 0 Å². The molecule has 1 saturated carbocycles. The zero-order chi connectivity index (χ0) is 14.9. The van der Waals surface area contributed by atoms with Gasteiger partial charge in [-0.05, 0) is 67.7 Å². The summed E-state index contributed by atoms with van der Waals surface area (Å²) in [7, 11) is 0. The Kier molecular flexibility index (Phi) is 4.26. The highest BCUT2D eigenvalue weighted by atomic mass is 15.1. The smallest absolute Gasteiger partial charge is 0.0369 e. The van der Waals surface area contributed by atoms with Crippen molar-refractivity contribution in [1.29, 1.82) is 0 Å². The molecule has 0 radical (unpaired) electrons.